The molecule has 2 aromatic carbocycles. The molecule has 8 heteroatoms. The minimum absolute atomic E-state index is 0.215. The van der Waals surface area contributed by atoms with Crippen LogP contribution in [0.15, 0.2) is 64.3 Å². The van der Waals surface area contributed by atoms with E-state index in [9.17, 15) is 9.59 Å². The lowest BCUT2D eigenvalue weighted by Gasteiger charge is -2.10. The highest BCUT2D eigenvalue weighted by atomic mass is 16.5. The number of nitrogens with zero attached hydrogens (tertiary/aromatic N) is 5. The fourth-order valence-corrected chi connectivity index (χ4v) is 4.26. The standard InChI is InChI=1S/C25H25N5O3/c1-16-7-5-6-8-19(16)15-30-23(31)21-22(27(3)25(30)32)26-24-28(17(2)13-29(21)24)14-18-9-11-20(33-4)12-10-18/h5-13H,14-15H2,1-4H3. The van der Waals surface area contributed by atoms with Crippen molar-refractivity contribution in [1.29, 1.82) is 0 Å². The van der Waals surface area contributed by atoms with E-state index >= 15 is 0 Å². The van der Waals surface area contributed by atoms with Crippen molar-refractivity contribution in [2.75, 3.05) is 7.11 Å². The molecule has 0 atom stereocenters. The van der Waals surface area contributed by atoms with Gasteiger partial charge in [0.05, 0.1) is 20.2 Å². The maximum atomic E-state index is 13.5. The molecule has 0 aliphatic rings. The van der Waals surface area contributed by atoms with Crippen molar-refractivity contribution in [2.45, 2.75) is 26.9 Å². The van der Waals surface area contributed by atoms with E-state index in [0.717, 1.165) is 28.1 Å². The maximum absolute atomic E-state index is 13.5. The number of rotatable bonds is 5. The number of fused-ring (bicyclic) bond motifs is 3. The largest absolute Gasteiger partial charge is 0.497 e. The molecule has 0 fully saturated rings. The summed E-state index contributed by atoms with van der Waals surface area (Å²) < 4.78 is 11.8. The minimum Gasteiger partial charge on any atom is -0.497 e. The van der Waals surface area contributed by atoms with Gasteiger partial charge in [-0.05, 0) is 42.7 Å². The van der Waals surface area contributed by atoms with Crippen molar-refractivity contribution < 1.29 is 4.74 Å². The monoisotopic (exact) mass is 443 g/mol. The van der Waals surface area contributed by atoms with Gasteiger partial charge < -0.3 is 9.30 Å². The molecule has 33 heavy (non-hydrogen) atoms. The summed E-state index contributed by atoms with van der Waals surface area (Å²) in [6.07, 6.45) is 1.90. The van der Waals surface area contributed by atoms with Crippen LogP contribution in [0, 0.1) is 13.8 Å². The molecule has 0 saturated carbocycles. The molecule has 168 valence electrons. The van der Waals surface area contributed by atoms with Crippen LogP contribution < -0.4 is 16.0 Å². The van der Waals surface area contributed by atoms with Crippen LogP contribution in [0.3, 0.4) is 0 Å². The molecule has 3 aromatic heterocycles. The zero-order valence-corrected chi connectivity index (χ0v) is 19.1. The van der Waals surface area contributed by atoms with Gasteiger partial charge in [0.2, 0.25) is 5.78 Å². The smallest absolute Gasteiger partial charge is 0.332 e. The quantitative estimate of drug-likeness (QED) is 0.419. The molecular weight excluding hydrogens is 418 g/mol. The number of benzene rings is 2. The highest BCUT2D eigenvalue weighted by Gasteiger charge is 2.20. The van der Waals surface area contributed by atoms with Gasteiger partial charge in [0, 0.05) is 18.9 Å². The lowest BCUT2D eigenvalue weighted by molar-refractivity contribution is 0.414. The number of ether oxygens (including phenoxy) is 1. The zero-order valence-electron chi connectivity index (χ0n) is 19.1. The summed E-state index contributed by atoms with van der Waals surface area (Å²) in [7, 11) is 3.30. The first-order valence-corrected chi connectivity index (χ1v) is 10.7. The number of methoxy groups -OCH3 is 1. The third-order valence-electron chi connectivity index (χ3n) is 6.23. The van der Waals surface area contributed by atoms with Crippen LogP contribution in [0.2, 0.25) is 0 Å². The molecule has 5 aromatic rings. The summed E-state index contributed by atoms with van der Waals surface area (Å²) in [6.45, 7) is 4.76. The lowest BCUT2D eigenvalue weighted by Crippen LogP contribution is -2.39. The summed E-state index contributed by atoms with van der Waals surface area (Å²) in [6, 6.07) is 15.6. The first kappa shape index (κ1) is 20.8. The van der Waals surface area contributed by atoms with Crippen LogP contribution in [0.25, 0.3) is 16.9 Å². The minimum atomic E-state index is -0.380. The normalized spacial score (nSPS) is 11.5. The lowest BCUT2D eigenvalue weighted by atomic mass is 10.1. The Balaban J connectivity index is 1.68. The fourth-order valence-electron chi connectivity index (χ4n) is 4.26. The Morgan fingerprint density at radius 1 is 0.939 bits per heavy atom. The van der Waals surface area contributed by atoms with Crippen LogP contribution in [0.5, 0.6) is 5.75 Å². The van der Waals surface area contributed by atoms with Gasteiger partial charge in [-0.2, -0.15) is 4.98 Å². The van der Waals surface area contributed by atoms with Gasteiger partial charge in [-0.3, -0.25) is 18.3 Å². The predicted molar refractivity (Wildman–Crippen MR) is 127 cm³/mol. The van der Waals surface area contributed by atoms with Gasteiger partial charge in [0.15, 0.2) is 11.2 Å². The molecule has 0 N–H and O–H groups in total. The van der Waals surface area contributed by atoms with E-state index in [4.69, 9.17) is 9.72 Å². The van der Waals surface area contributed by atoms with Gasteiger partial charge in [0.1, 0.15) is 5.75 Å². The topological polar surface area (TPSA) is 75.5 Å². The van der Waals surface area contributed by atoms with E-state index in [1.165, 1.54) is 9.13 Å². The summed E-state index contributed by atoms with van der Waals surface area (Å²) in [4.78, 5) is 31.3. The number of hydrogen-bond acceptors (Lipinski definition) is 4. The van der Waals surface area contributed by atoms with E-state index < -0.39 is 0 Å². The highest BCUT2D eigenvalue weighted by molar-refractivity contribution is 5.75. The van der Waals surface area contributed by atoms with Gasteiger partial charge in [0.25, 0.3) is 5.56 Å². The average Bonchev–Trinajstić information content (AvgIpc) is 3.32. The van der Waals surface area contributed by atoms with E-state index in [0.29, 0.717) is 23.5 Å². The first-order chi connectivity index (χ1) is 15.9. The molecule has 0 radical (unpaired) electrons. The zero-order chi connectivity index (χ0) is 23.3. The molecule has 5 rings (SSSR count). The van der Waals surface area contributed by atoms with Crippen molar-refractivity contribution in [3.8, 4) is 5.75 Å². The van der Waals surface area contributed by atoms with Gasteiger partial charge in [-0.1, -0.05) is 36.4 Å². The Morgan fingerprint density at radius 3 is 2.36 bits per heavy atom. The summed E-state index contributed by atoms with van der Waals surface area (Å²) in [5.74, 6) is 1.42. The number of imidazole rings is 2. The Morgan fingerprint density at radius 2 is 1.67 bits per heavy atom. The molecule has 0 saturated heterocycles. The molecule has 3 heterocycles. The molecule has 0 unspecified atom stereocenters. The van der Waals surface area contributed by atoms with Crippen molar-refractivity contribution in [2.24, 2.45) is 7.05 Å². The molecule has 0 spiro atoms. The van der Waals surface area contributed by atoms with E-state index in [2.05, 4.69) is 0 Å². The van der Waals surface area contributed by atoms with E-state index in [1.807, 2.05) is 73.1 Å². The van der Waals surface area contributed by atoms with Crippen molar-refractivity contribution in [1.82, 2.24) is 23.1 Å². The number of aromatic nitrogens is 5. The highest BCUT2D eigenvalue weighted by Crippen LogP contribution is 2.19. The number of aryl methyl sites for hydroxylation is 3. The second-order valence-electron chi connectivity index (χ2n) is 8.32. The molecule has 0 aliphatic heterocycles. The SMILES string of the molecule is COc1ccc(Cn2c(C)cn3c4c(=O)n(Cc5ccccc5C)c(=O)n(C)c4nc23)cc1. The van der Waals surface area contributed by atoms with Gasteiger partial charge >= 0.3 is 5.69 Å². The first-order valence-electron chi connectivity index (χ1n) is 10.7. The van der Waals surface area contributed by atoms with Crippen LogP contribution in [0.4, 0.5) is 0 Å². The van der Waals surface area contributed by atoms with Crippen LogP contribution in [0.1, 0.15) is 22.4 Å². The second kappa shape index (κ2) is 7.81. The average molecular weight is 444 g/mol. The molecule has 0 bridgehead atoms. The van der Waals surface area contributed by atoms with Gasteiger partial charge in [-0.25, -0.2) is 4.79 Å². The van der Waals surface area contributed by atoms with E-state index in [1.54, 1.807) is 18.6 Å². The Bertz CT molecular complexity index is 1620. The molecule has 8 nitrogen and oxygen atoms in total. The molecule has 0 aliphatic carbocycles. The summed E-state index contributed by atoms with van der Waals surface area (Å²) >= 11 is 0. The summed E-state index contributed by atoms with van der Waals surface area (Å²) in [5.41, 5.74) is 4.07. The number of hydrogen-bond donors (Lipinski definition) is 0. The van der Waals surface area contributed by atoms with Crippen molar-refractivity contribution in [3.63, 3.8) is 0 Å². The Labute approximate surface area is 189 Å². The van der Waals surface area contributed by atoms with Crippen LogP contribution in [-0.2, 0) is 20.1 Å². The van der Waals surface area contributed by atoms with Crippen molar-refractivity contribution >= 4 is 16.9 Å². The molecule has 0 amide bonds. The van der Waals surface area contributed by atoms with Crippen LogP contribution in [-0.4, -0.2) is 30.2 Å². The van der Waals surface area contributed by atoms with Crippen LogP contribution >= 0.6 is 0 Å². The van der Waals surface area contributed by atoms with Crippen molar-refractivity contribution in [3.05, 3.63) is 98.0 Å². The second-order valence-corrected chi connectivity index (χ2v) is 8.32. The maximum Gasteiger partial charge on any atom is 0.332 e. The van der Waals surface area contributed by atoms with Gasteiger partial charge in [-0.15, -0.1) is 0 Å². The third kappa shape index (κ3) is 3.34. The summed E-state index contributed by atoms with van der Waals surface area (Å²) in [5, 5.41) is 0. The Kier molecular flexibility index (Phi) is 4.92. The Hall–Kier alpha value is -4.07. The predicted octanol–water partition coefficient (Wildman–Crippen LogP) is 2.87. The third-order valence-corrected chi connectivity index (χ3v) is 6.23. The fraction of sp³-hybridized carbons (Fsp3) is 0.240. The molecular formula is C25H25N5O3. The van der Waals surface area contributed by atoms with E-state index in [-0.39, 0.29) is 17.8 Å².